The highest BCUT2D eigenvalue weighted by Gasteiger charge is 2.32. The lowest BCUT2D eigenvalue weighted by Gasteiger charge is -2.36. The van der Waals surface area contributed by atoms with Crippen LogP contribution in [-0.2, 0) is 9.53 Å². The van der Waals surface area contributed by atoms with Crippen molar-refractivity contribution in [2.24, 2.45) is 0 Å². The summed E-state index contributed by atoms with van der Waals surface area (Å²) < 4.78 is 5.21. The van der Waals surface area contributed by atoms with E-state index in [0.29, 0.717) is 18.6 Å². The van der Waals surface area contributed by atoms with Crippen molar-refractivity contribution in [3.8, 4) is 0 Å². The Balaban J connectivity index is 1.95. The molecule has 0 aromatic heterocycles. The summed E-state index contributed by atoms with van der Waals surface area (Å²) in [6.07, 6.45) is 5.56. The van der Waals surface area contributed by atoms with Crippen LogP contribution in [0.5, 0.6) is 0 Å². The predicted molar refractivity (Wildman–Crippen MR) is 62.3 cm³/mol. The van der Waals surface area contributed by atoms with Gasteiger partial charge in [0.05, 0.1) is 18.7 Å². The molecule has 0 saturated carbocycles. The standard InChI is InChI=1S/C12H22N2O2/c1-16-9-10-5-2-3-8-14(10)12(15)11-6-4-7-13-11/h10-11,13H,2-9H2,1H3/t10-,11+/m0/s1. The fourth-order valence-electron chi connectivity index (χ4n) is 2.75. The summed E-state index contributed by atoms with van der Waals surface area (Å²) in [4.78, 5) is 14.3. The third-order valence-electron chi connectivity index (χ3n) is 3.63. The van der Waals surface area contributed by atoms with Crippen molar-refractivity contribution in [2.75, 3.05) is 26.8 Å². The van der Waals surface area contributed by atoms with E-state index in [0.717, 1.165) is 38.8 Å². The summed E-state index contributed by atoms with van der Waals surface area (Å²) in [5.41, 5.74) is 0. The Morgan fingerprint density at radius 2 is 2.25 bits per heavy atom. The number of hydrogen-bond donors (Lipinski definition) is 1. The van der Waals surface area contributed by atoms with E-state index in [2.05, 4.69) is 5.32 Å². The molecule has 2 saturated heterocycles. The van der Waals surface area contributed by atoms with Gasteiger partial charge < -0.3 is 15.0 Å². The molecule has 0 spiro atoms. The van der Waals surface area contributed by atoms with Crippen LogP contribution in [0.2, 0.25) is 0 Å². The molecule has 0 bridgehead atoms. The largest absolute Gasteiger partial charge is 0.383 e. The van der Waals surface area contributed by atoms with Crippen LogP contribution in [0.15, 0.2) is 0 Å². The van der Waals surface area contributed by atoms with E-state index in [1.807, 2.05) is 4.90 Å². The summed E-state index contributed by atoms with van der Waals surface area (Å²) in [7, 11) is 1.71. The first-order valence-electron chi connectivity index (χ1n) is 6.35. The highest BCUT2D eigenvalue weighted by atomic mass is 16.5. The second-order valence-electron chi connectivity index (χ2n) is 4.79. The van der Waals surface area contributed by atoms with E-state index < -0.39 is 0 Å². The lowest BCUT2D eigenvalue weighted by molar-refractivity contribution is -0.138. The monoisotopic (exact) mass is 226 g/mol. The quantitative estimate of drug-likeness (QED) is 0.772. The molecule has 4 heteroatoms. The van der Waals surface area contributed by atoms with E-state index in [-0.39, 0.29) is 6.04 Å². The lowest BCUT2D eigenvalue weighted by atomic mass is 10.0. The number of methoxy groups -OCH3 is 1. The van der Waals surface area contributed by atoms with Gasteiger partial charge in [-0.3, -0.25) is 4.79 Å². The Labute approximate surface area is 97.3 Å². The average Bonchev–Trinajstić information content (AvgIpc) is 2.83. The van der Waals surface area contributed by atoms with Crippen LogP contribution in [0.25, 0.3) is 0 Å². The summed E-state index contributed by atoms with van der Waals surface area (Å²) in [6.45, 7) is 2.57. The topological polar surface area (TPSA) is 41.6 Å². The normalized spacial score (nSPS) is 30.7. The molecule has 16 heavy (non-hydrogen) atoms. The number of carbonyl (C=O) groups excluding carboxylic acids is 1. The van der Waals surface area contributed by atoms with Gasteiger partial charge >= 0.3 is 0 Å². The summed E-state index contributed by atoms with van der Waals surface area (Å²) in [6, 6.07) is 0.367. The first-order valence-corrected chi connectivity index (χ1v) is 6.35. The van der Waals surface area contributed by atoms with E-state index in [1.54, 1.807) is 7.11 Å². The van der Waals surface area contributed by atoms with E-state index >= 15 is 0 Å². The third-order valence-corrected chi connectivity index (χ3v) is 3.63. The SMILES string of the molecule is COC[C@@H]1CCCCN1C(=O)[C@H]1CCCN1. The minimum atomic E-state index is 0.0671. The van der Waals surface area contributed by atoms with Crippen molar-refractivity contribution in [3.05, 3.63) is 0 Å². The van der Waals surface area contributed by atoms with Crippen molar-refractivity contribution in [1.29, 1.82) is 0 Å². The van der Waals surface area contributed by atoms with E-state index in [1.165, 1.54) is 6.42 Å². The number of rotatable bonds is 3. The van der Waals surface area contributed by atoms with Crippen molar-refractivity contribution >= 4 is 5.91 Å². The fraction of sp³-hybridized carbons (Fsp3) is 0.917. The van der Waals surface area contributed by atoms with Crippen molar-refractivity contribution < 1.29 is 9.53 Å². The number of hydrogen-bond acceptors (Lipinski definition) is 3. The molecule has 2 fully saturated rings. The van der Waals surface area contributed by atoms with Crippen molar-refractivity contribution in [1.82, 2.24) is 10.2 Å². The van der Waals surface area contributed by atoms with Crippen LogP contribution in [0.4, 0.5) is 0 Å². The Morgan fingerprint density at radius 3 is 2.94 bits per heavy atom. The van der Waals surface area contributed by atoms with Gasteiger partial charge in [0, 0.05) is 13.7 Å². The maximum atomic E-state index is 12.3. The van der Waals surface area contributed by atoms with Gasteiger partial charge in [0.25, 0.3) is 0 Å². The Kier molecular flexibility index (Phi) is 4.18. The van der Waals surface area contributed by atoms with Gasteiger partial charge in [-0.15, -0.1) is 0 Å². The second-order valence-corrected chi connectivity index (χ2v) is 4.79. The zero-order valence-electron chi connectivity index (χ0n) is 10.1. The number of nitrogens with zero attached hydrogens (tertiary/aromatic N) is 1. The first kappa shape index (κ1) is 11.9. The highest BCUT2D eigenvalue weighted by Crippen LogP contribution is 2.20. The van der Waals surface area contributed by atoms with Gasteiger partial charge in [-0.1, -0.05) is 0 Å². The van der Waals surface area contributed by atoms with Crippen LogP contribution in [0.3, 0.4) is 0 Å². The zero-order valence-corrected chi connectivity index (χ0v) is 10.1. The number of carbonyl (C=O) groups is 1. The fourth-order valence-corrected chi connectivity index (χ4v) is 2.75. The number of likely N-dealkylation sites (tertiary alicyclic amines) is 1. The molecule has 1 N–H and O–H groups in total. The summed E-state index contributed by atoms with van der Waals surface area (Å²) in [5, 5.41) is 3.28. The molecule has 0 aliphatic carbocycles. The molecule has 0 aromatic carbocycles. The molecule has 2 aliphatic rings. The number of nitrogens with one attached hydrogen (secondary N) is 1. The minimum Gasteiger partial charge on any atom is -0.383 e. The Bertz CT molecular complexity index is 237. The maximum absolute atomic E-state index is 12.3. The van der Waals surface area contributed by atoms with Gasteiger partial charge in [0.1, 0.15) is 0 Å². The lowest BCUT2D eigenvalue weighted by Crippen LogP contribution is -2.52. The molecule has 1 amide bonds. The summed E-state index contributed by atoms with van der Waals surface area (Å²) >= 11 is 0. The predicted octanol–water partition coefficient (Wildman–Crippen LogP) is 0.766. The second kappa shape index (κ2) is 5.64. The van der Waals surface area contributed by atoms with Gasteiger partial charge in [-0.05, 0) is 38.6 Å². The van der Waals surface area contributed by atoms with Crippen LogP contribution in [0.1, 0.15) is 32.1 Å². The van der Waals surface area contributed by atoms with Crippen molar-refractivity contribution in [3.63, 3.8) is 0 Å². The molecular formula is C12H22N2O2. The smallest absolute Gasteiger partial charge is 0.240 e. The number of piperidine rings is 1. The molecule has 2 heterocycles. The maximum Gasteiger partial charge on any atom is 0.240 e. The zero-order chi connectivity index (χ0) is 11.4. The summed E-state index contributed by atoms with van der Waals surface area (Å²) in [5.74, 6) is 0.291. The molecule has 4 nitrogen and oxygen atoms in total. The van der Waals surface area contributed by atoms with Crippen LogP contribution in [0, 0.1) is 0 Å². The highest BCUT2D eigenvalue weighted by molar-refractivity contribution is 5.82. The molecular weight excluding hydrogens is 204 g/mol. The van der Waals surface area contributed by atoms with Gasteiger partial charge in [0.2, 0.25) is 5.91 Å². The van der Waals surface area contributed by atoms with Crippen LogP contribution < -0.4 is 5.32 Å². The minimum absolute atomic E-state index is 0.0671. The van der Waals surface area contributed by atoms with Gasteiger partial charge in [-0.25, -0.2) is 0 Å². The third kappa shape index (κ3) is 2.55. The molecule has 2 atom stereocenters. The average molecular weight is 226 g/mol. The Hall–Kier alpha value is -0.610. The molecule has 0 radical (unpaired) electrons. The first-order chi connectivity index (χ1) is 7.83. The molecule has 0 unspecified atom stereocenters. The molecule has 92 valence electrons. The van der Waals surface area contributed by atoms with Crippen LogP contribution >= 0.6 is 0 Å². The molecule has 2 rings (SSSR count). The van der Waals surface area contributed by atoms with Crippen LogP contribution in [-0.4, -0.2) is 49.7 Å². The van der Waals surface area contributed by atoms with Crippen molar-refractivity contribution in [2.45, 2.75) is 44.2 Å². The van der Waals surface area contributed by atoms with E-state index in [4.69, 9.17) is 4.74 Å². The van der Waals surface area contributed by atoms with E-state index in [9.17, 15) is 4.79 Å². The van der Waals surface area contributed by atoms with Gasteiger partial charge in [-0.2, -0.15) is 0 Å². The molecule has 2 aliphatic heterocycles. The molecule has 0 aromatic rings. The number of ether oxygens (including phenoxy) is 1. The Morgan fingerprint density at radius 1 is 1.38 bits per heavy atom. The number of amides is 1. The van der Waals surface area contributed by atoms with Gasteiger partial charge in [0.15, 0.2) is 0 Å².